The van der Waals surface area contributed by atoms with Crippen LogP contribution in [0.4, 0.5) is 5.69 Å². The molecule has 0 atom stereocenters. The van der Waals surface area contributed by atoms with Crippen LogP contribution in [0.2, 0.25) is 0 Å². The molecule has 4 nitrogen and oxygen atoms in total. The zero-order valence-electron chi connectivity index (χ0n) is 8.52. The third-order valence-electron chi connectivity index (χ3n) is 1.68. The predicted octanol–water partition coefficient (Wildman–Crippen LogP) is 1.50. The normalized spacial score (nSPS) is 8.94. The number of nitrogens with one attached hydrogen (secondary N) is 1. The van der Waals surface area contributed by atoms with E-state index in [0.717, 1.165) is 10.6 Å². The summed E-state index contributed by atoms with van der Waals surface area (Å²) in [4.78, 5) is 15.6. The molecule has 1 N–H and O–H groups in total. The van der Waals surface area contributed by atoms with Crippen molar-refractivity contribution in [3.05, 3.63) is 29.8 Å². The van der Waals surface area contributed by atoms with E-state index in [1.165, 1.54) is 6.92 Å². The van der Waals surface area contributed by atoms with Crippen molar-refractivity contribution < 1.29 is 9.63 Å². The van der Waals surface area contributed by atoms with E-state index in [2.05, 4.69) is 12.6 Å². The molecule has 0 amide bonds. The Bertz CT molecular complexity index is 381. The van der Waals surface area contributed by atoms with Crippen LogP contribution in [0.5, 0.6) is 0 Å². The van der Waals surface area contributed by atoms with Gasteiger partial charge in [0.05, 0.1) is 5.69 Å². The molecule has 0 spiro atoms. The van der Waals surface area contributed by atoms with E-state index in [1.54, 1.807) is 12.1 Å². The van der Waals surface area contributed by atoms with Gasteiger partial charge in [0.1, 0.15) is 0 Å². The zero-order chi connectivity index (χ0) is 11.4. The maximum absolute atomic E-state index is 10.8. The van der Waals surface area contributed by atoms with Gasteiger partial charge in [-0.05, 0) is 19.1 Å². The molecule has 0 saturated heterocycles. The van der Waals surface area contributed by atoms with Crippen molar-refractivity contribution in [2.75, 3.05) is 5.06 Å². The Balaban J connectivity index is 0.00000225. The maximum atomic E-state index is 10.8. The molecule has 0 aromatic heterocycles. The van der Waals surface area contributed by atoms with Crippen LogP contribution < -0.4 is 5.06 Å². The molecule has 0 aliphatic carbocycles. The third-order valence-corrected chi connectivity index (χ3v) is 1.86. The summed E-state index contributed by atoms with van der Waals surface area (Å²) >= 11 is 3.84. The molecular weight excluding hydrogens is 235 g/mol. The van der Waals surface area contributed by atoms with E-state index in [0.29, 0.717) is 5.69 Å². The fraction of sp³-hybridized carbons (Fsp3) is 0.200. The van der Waals surface area contributed by atoms with Crippen molar-refractivity contribution in [3.63, 3.8) is 0 Å². The minimum atomic E-state index is -0.491. The number of carbonyl (C=O) groups is 1. The van der Waals surface area contributed by atoms with Gasteiger partial charge in [-0.25, -0.2) is 4.79 Å². The molecule has 0 unspecified atom stereocenters. The van der Waals surface area contributed by atoms with Gasteiger partial charge >= 0.3 is 35.5 Å². The van der Waals surface area contributed by atoms with Crippen molar-refractivity contribution in [2.24, 2.45) is 0 Å². The van der Waals surface area contributed by atoms with Crippen LogP contribution in [0.15, 0.2) is 24.3 Å². The van der Waals surface area contributed by atoms with Gasteiger partial charge in [-0.3, -0.25) is 5.41 Å². The molecule has 0 heterocycles. The summed E-state index contributed by atoms with van der Waals surface area (Å²) in [5.41, 5.74) is 1.68. The van der Waals surface area contributed by atoms with Gasteiger partial charge in [-0.2, -0.15) is 0 Å². The summed E-state index contributed by atoms with van der Waals surface area (Å²) in [6.45, 7) is 3.23. The number of hydrogen-bond donors (Lipinski definition) is 2. The molecule has 0 aliphatic rings. The molecule has 0 saturated carbocycles. The second-order valence-corrected chi connectivity index (χ2v) is 3.46. The van der Waals surface area contributed by atoms with Gasteiger partial charge in [-0.15, -0.1) is 17.7 Å². The number of hydroxylamine groups is 1. The van der Waals surface area contributed by atoms with E-state index >= 15 is 0 Å². The van der Waals surface area contributed by atoms with Crippen molar-refractivity contribution in [1.29, 1.82) is 5.41 Å². The van der Waals surface area contributed by atoms with Gasteiger partial charge < -0.3 is 4.84 Å². The van der Waals surface area contributed by atoms with Crippen LogP contribution in [-0.4, -0.2) is 40.7 Å². The summed E-state index contributed by atoms with van der Waals surface area (Å²) in [5, 5.41) is 8.26. The topological polar surface area (TPSA) is 53.4 Å². The van der Waals surface area contributed by atoms with Crippen molar-refractivity contribution in [1.82, 2.24) is 0 Å². The van der Waals surface area contributed by atoms with Crippen LogP contribution in [0.1, 0.15) is 12.5 Å². The fourth-order valence-electron chi connectivity index (χ4n) is 1.03. The molecule has 1 rings (SSSR count). The van der Waals surface area contributed by atoms with Crippen molar-refractivity contribution in [3.8, 4) is 0 Å². The molecule has 0 radical (unpaired) electrons. The first-order valence-electron chi connectivity index (χ1n) is 4.33. The summed E-state index contributed by atoms with van der Waals surface area (Å²) in [6.07, 6.45) is 0. The average molecular weight is 248 g/mol. The van der Waals surface area contributed by atoms with Crippen molar-refractivity contribution >= 4 is 59.0 Å². The fourth-order valence-corrected chi connectivity index (χ4v) is 1.18. The zero-order valence-corrected chi connectivity index (χ0v) is 9.41. The van der Waals surface area contributed by atoms with Crippen LogP contribution in [0, 0.1) is 12.3 Å². The predicted molar refractivity (Wildman–Crippen MR) is 69.3 cm³/mol. The number of nitrogens with zero attached hydrogens (tertiary/aromatic N) is 1. The Labute approximate surface area is 122 Å². The third kappa shape index (κ3) is 4.57. The first-order valence-corrected chi connectivity index (χ1v) is 4.78. The van der Waals surface area contributed by atoms with Crippen LogP contribution >= 0.6 is 12.6 Å². The number of aryl methyl sites for hydroxylation is 1. The van der Waals surface area contributed by atoms with Gasteiger partial charge in [0, 0.05) is 6.92 Å². The summed E-state index contributed by atoms with van der Waals surface area (Å²) in [5.74, 6) is -0.491. The molecule has 16 heavy (non-hydrogen) atoms. The Hall–Kier alpha value is -0.490. The van der Waals surface area contributed by atoms with E-state index in [1.807, 2.05) is 19.1 Å². The standard InChI is InChI=1S/C10H12N2O2S.Na.H/c1-7-3-5-9(6-4-7)12(10(11)15)14-8(2)13;;/h3-6H,1-2H3,(H2,11,15);;. The molecule has 82 valence electrons. The Morgan fingerprint density at radius 1 is 1.38 bits per heavy atom. The summed E-state index contributed by atoms with van der Waals surface area (Å²) in [7, 11) is 0. The van der Waals surface area contributed by atoms with Crippen LogP contribution in [-0.2, 0) is 9.63 Å². The molecule has 0 aliphatic heterocycles. The van der Waals surface area contributed by atoms with Gasteiger partial charge in [0.2, 0.25) is 0 Å². The summed E-state index contributed by atoms with van der Waals surface area (Å²) < 4.78 is 0. The average Bonchev–Trinajstić information content (AvgIpc) is 2.15. The number of anilines is 1. The quantitative estimate of drug-likeness (QED) is 0.260. The van der Waals surface area contributed by atoms with Gasteiger partial charge in [0.15, 0.2) is 5.17 Å². The Morgan fingerprint density at radius 3 is 2.25 bits per heavy atom. The van der Waals surface area contributed by atoms with E-state index in [-0.39, 0.29) is 34.7 Å². The molecule has 6 heteroatoms. The van der Waals surface area contributed by atoms with Crippen LogP contribution in [0.3, 0.4) is 0 Å². The van der Waals surface area contributed by atoms with Crippen LogP contribution in [0.25, 0.3) is 0 Å². The minimum absolute atomic E-state index is 0. The molecule has 1 aromatic carbocycles. The number of benzene rings is 1. The molecule has 0 fully saturated rings. The van der Waals surface area contributed by atoms with Gasteiger partial charge in [-0.1, -0.05) is 17.7 Å². The Morgan fingerprint density at radius 2 is 1.88 bits per heavy atom. The number of carbonyl (C=O) groups excluding carboxylic acids is 1. The molecular formula is C10H13N2NaO2S. The van der Waals surface area contributed by atoms with E-state index < -0.39 is 5.97 Å². The number of thiol groups is 1. The SMILES string of the molecule is CC(=O)ON(C(=N)S)c1ccc(C)cc1.[NaH]. The summed E-state index contributed by atoms with van der Waals surface area (Å²) in [6, 6.07) is 7.23. The second-order valence-electron chi connectivity index (χ2n) is 3.04. The Kier molecular flexibility index (Phi) is 6.74. The monoisotopic (exact) mass is 248 g/mol. The first-order chi connectivity index (χ1) is 7.00. The van der Waals surface area contributed by atoms with Crippen molar-refractivity contribution in [2.45, 2.75) is 13.8 Å². The number of amidine groups is 1. The molecule has 0 bridgehead atoms. The van der Waals surface area contributed by atoms with E-state index in [4.69, 9.17) is 10.2 Å². The number of hydrogen-bond acceptors (Lipinski definition) is 3. The first kappa shape index (κ1) is 15.5. The van der Waals surface area contributed by atoms with Gasteiger partial charge in [0.25, 0.3) is 0 Å². The van der Waals surface area contributed by atoms with E-state index in [9.17, 15) is 4.79 Å². The second kappa shape index (κ2) is 6.96. The molecule has 1 aromatic rings. The number of rotatable bonds is 1.